The normalized spacial score (nSPS) is 19.4. The highest BCUT2D eigenvalue weighted by Crippen LogP contribution is 2.42. The van der Waals surface area contributed by atoms with E-state index in [9.17, 15) is 0 Å². The molecule has 0 spiro atoms. The van der Waals surface area contributed by atoms with E-state index in [1.54, 1.807) is 11.3 Å². The van der Waals surface area contributed by atoms with Crippen LogP contribution in [0.1, 0.15) is 23.5 Å². The molecule has 2 aromatic rings. The van der Waals surface area contributed by atoms with Crippen LogP contribution in [0.2, 0.25) is 0 Å². The molecule has 1 aliphatic heterocycles. The van der Waals surface area contributed by atoms with Crippen LogP contribution in [0.3, 0.4) is 0 Å². The van der Waals surface area contributed by atoms with Crippen LogP contribution < -0.4 is 5.32 Å². The number of halogens is 1. The molecule has 0 bridgehead atoms. The third-order valence-electron chi connectivity index (χ3n) is 3.28. The first kappa shape index (κ1) is 11.3. The predicted octanol–water partition coefficient (Wildman–Crippen LogP) is 1.69. The average Bonchev–Trinajstić information content (AvgIpc) is 3.01. The number of nitrogens with one attached hydrogen (secondary N) is 2. The molecule has 3 heterocycles. The van der Waals surface area contributed by atoms with Gasteiger partial charge in [-0.2, -0.15) is 5.21 Å². The summed E-state index contributed by atoms with van der Waals surface area (Å²) >= 11 is 5.28. The van der Waals surface area contributed by atoms with Crippen molar-refractivity contribution in [3.8, 4) is 0 Å². The number of aromatic amines is 1. The zero-order valence-electron chi connectivity index (χ0n) is 9.11. The van der Waals surface area contributed by atoms with Crippen molar-refractivity contribution in [3.05, 3.63) is 26.6 Å². The molecule has 0 unspecified atom stereocenters. The number of tetrazole rings is 1. The minimum Gasteiger partial charge on any atom is -0.317 e. The molecule has 2 N–H and O–H groups in total. The van der Waals surface area contributed by atoms with Gasteiger partial charge in [0.05, 0.1) is 9.20 Å². The first-order valence-electron chi connectivity index (χ1n) is 5.52. The van der Waals surface area contributed by atoms with Crippen LogP contribution >= 0.6 is 27.3 Å². The van der Waals surface area contributed by atoms with Crippen LogP contribution in [0.4, 0.5) is 0 Å². The van der Waals surface area contributed by atoms with Crippen LogP contribution in [0.5, 0.6) is 0 Å². The summed E-state index contributed by atoms with van der Waals surface area (Å²) < 4.78 is 1.15. The van der Waals surface area contributed by atoms with Gasteiger partial charge >= 0.3 is 0 Å². The molecule has 17 heavy (non-hydrogen) atoms. The molecule has 7 heteroatoms. The fourth-order valence-electron chi connectivity index (χ4n) is 2.37. The van der Waals surface area contributed by atoms with Gasteiger partial charge in [0, 0.05) is 4.88 Å². The molecule has 0 amide bonds. The molecule has 5 nitrogen and oxygen atoms in total. The average molecular weight is 314 g/mol. The zero-order valence-corrected chi connectivity index (χ0v) is 11.5. The number of piperidine rings is 1. The minimum atomic E-state index is -0.0745. The number of hydrogen-bond donors (Lipinski definition) is 2. The first-order valence-corrected chi connectivity index (χ1v) is 7.13. The van der Waals surface area contributed by atoms with Crippen LogP contribution in [0.15, 0.2) is 15.9 Å². The van der Waals surface area contributed by atoms with Gasteiger partial charge in [-0.25, -0.2) is 0 Å². The van der Waals surface area contributed by atoms with Crippen LogP contribution in [-0.2, 0) is 5.41 Å². The lowest BCUT2D eigenvalue weighted by Crippen LogP contribution is -2.41. The molecule has 0 radical (unpaired) electrons. The maximum absolute atomic E-state index is 4.21. The van der Waals surface area contributed by atoms with Crippen molar-refractivity contribution in [1.29, 1.82) is 0 Å². The molecule has 2 aromatic heterocycles. The molecule has 3 rings (SSSR count). The van der Waals surface area contributed by atoms with Gasteiger partial charge < -0.3 is 5.32 Å². The highest BCUT2D eigenvalue weighted by molar-refractivity contribution is 9.11. The van der Waals surface area contributed by atoms with Gasteiger partial charge in [0.15, 0.2) is 5.82 Å². The van der Waals surface area contributed by atoms with Crippen LogP contribution in [-0.4, -0.2) is 33.7 Å². The van der Waals surface area contributed by atoms with Crippen molar-refractivity contribution in [2.24, 2.45) is 0 Å². The monoisotopic (exact) mass is 313 g/mol. The summed E-state index contributed by atoms with van der Waals surface area (Å²) in [6, 6.07) is 4.25. The fourth-order valence-corrected chi connectivity index (χ4v) is 4.00. The van der Waals surface area contributed by atoms with Crippen molar-refractivity contribution in [3.63, 3.8) is 0 Å². The standard InChI is InChI=1S/C10H12BrN5S/c11-8-2-1-7(17-8)10(3-5-12-6-4-10)9-13-15-16-14-9/h1-2,12H,3-6H2,(H,13,14,15,16). The predicted molar refractivity (Wildman–Crippen MR) is 69.1 cm³/mol. The maximum atomic E-state index is 4.21. The van der Waals surface area contributed by atoms with Crippen LogP contribution in [0, 0.1) is 0 Å². The number of nitrogens with zero attached hydrogens (tertiary/aromatic N) is 3. The zero-order chi connectivity index (χ0) is 11.7. The Morgan fingerprint density at radius 3 is 2.71 bits per heavy atom. The summed E-state index contributed by atoms with van der Waals surface area (Å²) in [5, 5.41) is 18.1. The highest BCUT2D eigenvalue weighted by Gasteiger charge is 2.40. The summed E-state index contributed by atoms with van der Waals surface area (Å²) in [4.78, 5) is 1.31. The Kier molecular flexibility index (Phi) is 2.97. The van der Waals surface area contributed by atoms with Crippen molar-refractivity contribution in [2.45, 2.75) is 18.3 Å². The Labute approximate surface area is 111 Å². The maximum Gasteiger partial charge on any atom is 0.185 e. The van der Waals surface area contributed by atoms with E-state index in [1.165, 1.54) is 4.88 Å². The Morgan fingerprint density at radius 2 is 2.12 bits per heavy atom. The number of hydrogen-bond acceptors (Lipinski definition) is 5. The SMILES string of the molecule is Brc1ccc(C2(c3nn[nH]n3)CCNCC2)s1. The number of rotatable bonds is 2. The van der Waals surface area contributed by atoms with E-state index in [0.29, 0.717) is 0 Å². The molecule has 1 fully saturated rings. The van der Waals surface area contributed by atoms with Gasteiger partial charge in [-0.1, -0.05) is 5.21 Å². The van der Waals surface area contributed by atoms with E-state index in [0.717, 1.165) is 35.5 Å². The molecule has 0 aliphatic carbocycles. The second-order valence-electron chi connectivity index (χ2n) is 4.17. The molecular formula is C10H12BrN5S. The molecule has 0 saturated carbocycles. The van der Waals surface area contributed by atoms with Crippen molar-refractivity contribution in [2.75, 3.05) is 13.1 Å². The second kappa shape index (κ2) is 4.47. The topological polar surface area (TPSA) is 66.5 Å². The quantitative estimate of drug-likeness (QED) is 0.885. The Balaban J connectivity index is 2.07. The lowest BCUT2D eigenvalue weighted by atomic mass is 9.77. The van der Waals surface area contributed by atoms with Crippen molar-refractivity contribution in [1.82, 2.24) is 25.9 Å². The summed E-state index contributed by atoms with van der Waals surface area (Å²) in [6.07, 6.45) is 2.03. The van der Waals surface area contributed by atoms with E-state index < -0.39 is 0 Å². The van der Waals surface area contributed by atoms with E-state index in [1.807, 2.05) is 0 Å². The minimum absolute atomic E-state index is 0.0745. The number of thiophene rings is 1. The lowest BCUT2D eigenvalue weighted by molar-refractivity contribution is 0.351. The van der Waals surface area contributed by atoms with Gasteiger partial charge in [0.1, 0.15) is 0 Å². The summed E-state index contributed by atoms with van der Waals surface area (Å²) in [6.45, 7) is 1.98. The third kappa shape index (κ3) is 1.92. The highest BCUT2D eigenvalue weighted by atomic mass is 79.9. The third-order valence-corrected chi connectivity index (χ3v) is 5.10. The Bertz CT molecular complexity index is 489. The Hall–Kier alpha value is -0.790. The molecule has 1 saturated heterocycles. The first-order chi connectivity index (χ1) is 8.31. The molecule has 0 aromatic carbocycles. The fraction of sp³-hybridized carbons (Fsp3) is 0.500. The van der Waals surface area contributed by atoms with Crippen molar-refractivity contribution >= 4 is 27.3 Å². The molecule has 1 aliphatic rings. The van der Waals surface area contributed by atoms with E-state index in [2.05, 4.69) is 54.0 Å². The van der Waals surface area contributed by atoms with E-state index in [4.69, 9.17) is 0 Å². The molecule has 90 valence electrons. The van der Waals surface area contributed by atoms with Gasteiger partial charge in [-0.15, -0.1) is 21.5 Å². The number of H-pyrrole nitrogens is 1. The second-order valence-corrected chi connectivity index (χ2v) is 6.63. The van der Waals surface area contributed by atoms with Gasteiger partial charge in [0.25, 0.3) is 0 Å². The summed E-state index contributed by atoms with van der Waals surface area (Å²) in [5.74, 6) is 0.813. The lowest BCUT2D eigenvalue weighted by Gasteiger charge is -2.33. The van der Waals surface area contributed by atoms with Crippen molar-refractivity contribution < 1.29 is 0 Å². The van der Waals surface area contributed by atoms with Gasteiger partial charge in [-0.05, 0) is 54.0 Å². The molecule has 0 atom stereocenters. The van der Waals surface area contributed by atoms with E-state index in [-0.39, 0.29) is 5.41 Å². The summed E-state index contributed by atoms with van der Waals surface area (Å²) in [7, 11) is 0. The van der Waals surface area contributed by atoms with Crippen LogP contribution in [0.25, 0.3) is 0 Å². The van der Waals surface area contributed by atoms with Gasteiger partial charge in [0.2, 0.25) is 0 Å². The largest absolute Gasteiger partial charge is 0.317 e. The summed E-state index contributed by atoms with van der Waals surface area (Å²) in [5.41, 5.74) is -0.0745. The number of aromatic nitrogens is 4. The van der Waals surface area contributed by atoms with Gasteiger partial charge in [-0.3, -0.25) is 0 Å². The molecular weight excluding hydrogens is 302 g/mol. The van der Waals surface area contributed by atoms with E-state index >= 15 is 0 Å². The smallest absolute Gasteiger partial charge is 0.185 e. The Morgan fingerprint density at radius 1 is 1.29 bits per heavy atom.